The minimum Gasteiger partial charge on any atom is -0.481 e. The number of aliphatic carboxylic acids is 1. The van der Waals surface area contributed by atoms with Crippen LogP contribution in [0.3, 0.4) is 0 Å². The third kappa shape index (κ3) is 2.34. The monoisotopic (exact) mass is 298 g/mol. The average Bonchev–Trinajstić information content (AvgIpc) is 2.80. The molecule has 1 fully saturated rings. The van der Waals surface area contributed by atoms with Crippen molar-refractivity contribution in [2.45, 2.75) is 43.9 Å². The number of aromatic nitrogens is 2. The predicted octanol–water partition coefficient (Wildman–Crippen LogP) is 1.17. The van der Waals surface area contributed by atoms with Crippen molar-refractivity contribution in [2.75, 3.05) is 5.75 Å². The van der Waals surface area contributed by atoms with Crippen molar-refractivity contribution in [3.05, 3.63) is 17.7 Å². The summed E-state index contributed by atoms with van der Waals surface area (Å²) in [6.45, 7) is 0.603. The quantitative estimate of drug-likeness (QED) is 0.885. The Morgan fingerprint density at radius 1 is 1.35 bits per heavy atom. The number of fused-ring (bicyclic) bond motifs is 1. The van der Waals surface area contributed by atoms with Crippen LogP contribution in [0.2, 0.25) is 0 Å². The first kappa shape index (κ1) is 13.6. The Bertz CT molecular complexity index is 635. The molecule has 3 heterocycles. The number of hydrogen-bond acceptors (Lipinski definition) is 4. The van der Waals surface area contributed by atoms with Crippen molar-refractivity contribution < 1.29 is 18.3 Å². The number of carbonyl (C=O) groups is 1. The molecule has 1 saturated heterocycles. The molecule has 0 aliphatic carbocycles. The van der Waals surface area contributed by atoms with Crippen LogP contribution in [-0.4, -0.2) is 34.8 Å². The molecule has 0 radical (unpaired) electrons. The number of nitrogens with zero attached hydrogens (tertiary/aromatic N) is 2. The minimum absolute atomic E-state index is 0.234. The largest absolute Gasteiger partial charge is 0.481 e. The van der Waals surface area contributed by atoms with Crippen LogP contribution in [0.15, 0.2) is 6.20 Å². The summed E-state index contributed by atoms with van der Waals surface area (Å²) in [5.41, 5.74) is 0.603. The van der Waals surface area contributed by atoms with Crippen molar-refractivity contribution in [2.24, 2.45) is 5.92 Å². The first-order valence-corrected chi connectivity index (χ1v) is 8.69. The molecule has 0 spiro atoms. The van der Waals surface area contributed by atoms with E-state index >= 15 is 0 Å². The molecule has 0 aromatic carbocycles. The summed E-state index contributed by atoms with van der Waals surface area (Å²) < 4.78 is 26.2. The highest BCUT2D eigenvalue weighted by atomic mass is 32.2. The van der Waals surface area contributed by atoms with Crippen LogP contribution in [0.25, 0.3) is 0 Å². The van der Waals surface area contributed by atoms with Crippen LogP contribution in [0.5, 0.6) is 0 Å². The summed E-state index contributed by atoms with van der Waals surface area (Å²) in [6.07, 6.45) is 5.04. The number of carboxylic acid groups (broad SMARTS) is 1. The van der Waals surface area contributed by atoms with E-state index in [4.69, 9.17) is 5.11 Å². The Hall–Kier alpha value is -1.37. The first-order valence-electron chi connectivity index (χ1n) is 6.98. The summed E-state index contributed by atoms with van der Waals surface area (Å²) in [5, 5.41) is 8.57. The molecular formula is C13H18N2O4S. The number of sulfone groups is 1. The lowest BCUT2D eigenvalue weighted by Gasteiger charge is -2.20. The standard InChI is InChI=1S/C13H18N2O4S/c16-13(17)9-4-5-15-8-10(14-12(15)7-9)11-3-1-2-6-20(11,18)19/h8-9,11H,1-7H2,(H,16,17). The fourth-order valence-corrected chi connectivity index (χ4v) is 5.00. The smallest absolute Gasteiger partial charge is 0.307 e. The third-order valence-electron chi connectivity index (χ3n) is 4.28. The SMILES string of the molecule is O=C(O)C1CCn2cc(C3CCCCS3(=O)=O)nc2C1. The summed E-state index contributed by atoms with van der Waals surface area (Å²) in [4.78, 5) is 15.5. The molecule has 20 heavy (non-hydrogen) atoms. The highest BCUT2D eigenvalue weighted by Gasteiger charge is 2.34. The summed E-state index contributed by atoms with van der Waals surface area (Å²) in [5.74, 6) is -0.260. The van der Waals surface area contributed by atoms with Crippen LogP contribution in [0.4, 0.5) is 0 Å². The molecule has 0 saturated carbocycles. The second-order valence-electron chi connectivity index (χ2n) is 5.65. The molecule has 1 aromatic rings. The Labute approximate surface area is 117 Å². The highest BCUT2D eigenvalue weighted by Crippen LogP contribution is 2.34. The van der Waals surface area contributed by atoms with Gasteiger partial charge in [-0.25, -0.2) is 13.4 Å². The predicted molar refractivity (Wildman–Crippen MR) is 72.1 cm³/mol. The zero-order valence-corrected chi connectivity index (χ0v) is 12.0. The van der Waals surface area contributed by atoms with Gasteiger partial charge in [-0.05, 0) is 19.3 Å². The summed E-state index contributed by atoms with van der Waals surface area (Å²) >= 11 is 0. The van der Waals surface area contributed by atoms with E-state index < -0.39 is 27.0 Å². The third-order valence-corrected chi connectivity index (χ3v) is 6.48. The Kier molecular flexibility index (Phi) is 3.32. The lowest BCUT2D eigenvalue weighted by molar-refractivity contribution is -0.142. The topological polar surface area (TPSA) is 89.3 Å². The van der Waals surface area contributed by atoms with E-state index in [1.54, 1.807) is 6.20 Å². The molecule has 1 N–H and O–H groups in total. The number of imidazole rings is 1. The Morgan fingerprint density at radius 2 is 2.15 bits per heavy atom. The van der Waals surface area contributed by atoms with Gasteiger partial charge in [0.15, 0.2) is 9.84 Å². The minimum atomic E-state index is -3.10. The van der Waals surface area contributed by atoms with E-state index in [9.17, 15) is 13.2 Å². The molecule has 7 heteroatoms. The Balaban J connectivity index is 1.89. The van der Waals surface area contributed by atoms with Crippen molar-refractivity contribution in [3.8, 4) is 0 Å². The number of rotatable bonds is 2. The van der Waals surface area contributed by atoms with Crippen molar-refractivity contribution in [1.82, 2.24) is 9.55 Å². The van der Waals surface area contributed by atoms with Crippen LogP contribution in [0, 0.1) is 5.92 Å². The van der Waals surface area contributed by atoms with Gasteiger partial charge in [-0.15, -0.1) is 0 Å². The lowest BCUT2D eigenvalue weighted by atomic mass is 9.98. The molecule has 6 nitrogen and oxygen atoms in total. The zero-order valence-electron chi connectivity index (χ0n) is 11.2. The van der Waals surface area contributed by atoms with Crippen molar-refractivity contribution >= 4 is 15.8 Å². The first-order chi connectivity index (χ1) is 9.47. The Morgan fingerprint density at radius 3 is 2.85 bits per heavy atom. The molecule has 110 valence electrons. The van der Waals surface area contributed by atoms with E-state index in [0.29, 0.717) is 37.3 Å². The van der Waals surface area contributed by atoms with Crippen LogP contribution < -0.4 is 0 Å². The van der Waals surface area contributed by atoms with Gasteiger partial charge in [0.2, 0.25) is 0 Å². The van der Waals surface area contributed by atoms with Crippen molar-refractivity contribution in [1.29, 1.82) is 0 Å². The number of aryl methyl sites for hydroxylation is 1. The molecule has 0 bridgehead atoms. The average molecular weight is 298 g/mol. The fourth-order valence-electron chi connectivity index (χ4n) is 3.10. The molecule has 2 unspecified atom stereocenters. The molecule has 3 rings (SSSR count). The van der Waals surface area contributed by atoms with E-state index in [1.807, 2.05) is 4.57 Å². The highest BCUT2D eigenvalue weighted by molar-refractivity contribution is 7.91. The van der Waals surface area contributed by atoms with Gasteiger partial charge < -0.3 is 9.67 Å². The van der Waals surface area contributed by atoms with Gasteiger partial charge in [-0.1, -0.05) is 6.42 Å². The van der Waals surface area contributed by atoms with Crippen molar-refractivity contribution in [3.63, 3.8) is 0 Å². The molecule has 0 amide bonds. The molecule has 2 aliphatic heterocycles. The van der Waals surface area contributed by atoms with Gasteiger partial charge in [-0.3, -0.25) is 4.79 Å². The number of carboxylic acids is 1. The van der Waals surface area contributed by atoms with Crippen LogP contribution in [0.1, 0.15) is 42.5 Å². The van der Waals surface area contributed by atoms with Gasteiger partial charge in [0, 0.05) is 19.2 Å². The maximum Gasteiger partial charge on any atom is 0.307 e. The van der Waals surface area contributed by atoms with Gasteiger partial charge in [-0.2, -0.15) is 0 Å². The number of hydrogen-bond donors (Lipinski definition) is 1. The van der Waals surface area contributed by atoms with E-state index in [0.717, 1.165) is 12.8 Å². The van der Waals surface area contributed by atoms with E-state index in [-0.39, 0.29) is 5.75 Å². The maximum absolute atomic E-state index is 12.1. The summed E-state index contributed by atoms with van der Waals surface area (Å²) in [6, 6.07) is 0. The summed E-state index contributed by atoms with van der Waals surface area (Å²) in [7, 11) is -3.10. The van der Waals surface area contributed by atoms with Crippen LogP contribution >= 0.6 is 0 Å². The van der Waals surface area contributed by atoms with E-state index in [2.05, 4.69) is 4.98 Å². The van der Waals surface area contributed by atoms with Gasteiger partial charge >= 0.3 is 5.97 Å². The molecule has 2 atom stereocenters. The van der Waals surface area contributed by atoms with E-state index in [1.165, 1.54) is 0 Å². The normalized spacial score (nSPS) is 28.8. The van der Waals surface area contributed by atoms with Gasteiger partial charge in [0.05, 0.1) is 17.4 Å². The van der Waals surface area contributed by atoms with Gasteiger partial charge in [0.25, 0.3) is 0 Å². The van der Waals surface area contributed by atoms with Crippen LogP contribution in [-0.2, 0) is 27.6 Å². The lowest BCUT2D eigenvalue weighted by Crippen LogP contribution is -2.25. The second kappa shape index (κ2) is 4.87. The van der Waals surface area contributed by atoms with Gasteiger partial charge in [0.1, 0.15) is 11.1 Å². The molecular weight excluding hydrogens is 280 g/mol. The molecule has 1 aromatic heterocycles. The fraction of sp³-hybridized carbons (Fsp3) is 0.692. The molecule has 2 aliphatic rings. The maximum atomic E-state index is 12.1. The second-order valence-corrected chi connectivity index (χ2v) is 7.96. The zero-order chi connectivity index (χ0) is 14.3.